The topological polar surface area (TPSA) is 38.3 Å². The van der Waals surface area contributed by atoms with Crippen LogP contribution in [-0.4, -0.2) is 31.8 Å². The van der Waals surface area contributed by atoms with E-state index in [-0.39, 0.29) is 13.0 Å². The second kappa shape index (κ2) is 4.16. The van der Waals surface area contributed by atoms with Gasteiger partial charge in [-0.15, -0.1) is 0 Å². The summed E-state index contributed by atoms with van der Waals surface area (Å²) in [5.41, 5.74) is 0. The Morgan fingerprint density at radius 2 is 2.14 bits per heavy atom. The number of rotatable bonds is 1. The number of ether oxygens (including phenoxy) is 1. The van der Waals surface area contributed by atoms with Crippen molar-refractivity contribution in [2.75, 3.05) is 13.7 Å². The lowest BCUT2D eigenvalue weighted by molar-refractivity contribution is -0.169. The maximum atomic E-state index is 12.3. The van der Waals surface area contributed by atoms with Gasteiger partial charge in [-0.3, -0.25) is 4.79 Å². The van der Waals surface area contributed by atoms with E-state index in [9.17, 15) is 18.0 Å². The first-order chi connectivity index (χ1) is 6.45. The van der Waals surface area contributed by atoms with Crippen LogP contribution in [0.4, 0.5) is 13.2 Å². The van der Waals surface area contributed by atoms with Crippen molar-refractivity contribution in [1.29, 1.82) is 0 Å². The molecule has 1 fully saturated rings. The molecule has 2 atom stereocenters. The second-order valence-corrected chi connectivity index (χ2v) is 3.29. The zero-order chi connectivity index (χ0) is 10.8. The van der Waals surface area contributed by atoms with Crippen LogP contribution in [0.2, 0.25) is 0 Å². The highest BCUT2D eigenvalue weighted by atomic mass is 19.4. The lowest BCUT2D eigenvalue weighted by atomic mass is 9.92. The highest BCUT2D eigenvalue weighted by molar-refractivity contribution is 5.72. The molecule has 3 nitrogen and oxygen atoms in total. The molecule has 1 aliphatic rings. The number of nitrogens with one attached hydrogen (secondary N) is 1. The monoisotopic (exact) mass is 211 g/mol. The molecule has 0 aromatic carbocycles. The summed E-state index contributed by atoms with van der Waals surface area (Å²) in [6, 6.07) is -1.58. The Morgan fingerprint density at radius 1 is 1.50 bits per heavy atom. The van der Waals surface area contributed by atoms with E-state index < -0.39 is 24.1 Å². The van der Waals surface area contributed by atoms with Gasteiger partial charge in [0.2, 0.25) is 0 Å². The molecule has 1 heterocycles. The third-order valence-electron chi connectivity index (χ3n) is 2.33. The Bertz CT molecular complexity index is 217. The van der Waals surface area contributed by atoms with Crippen molar-refractivity contribution in [3.8, 4) is 0 Å². The Morgan fingerprint density at radius 3 is 2.64 bits per heavy atom. The van der Waals surface area contributed by atoms with E-state index in [2.05, 4.69) is 10.1 Å². The first kappa shape index (κ1) is 11.3. The quantitative estimate of drug-likeness (QED) is 0.660. The van der Waals surface area contributed by atoms with Crippen LogP contribution in [0.1, 0.15) is 12.8 Å². The molecule has 0 unspecified atom stereocenters. The van der Waals surface area contributed by atoms with E-state index >= 15 is 0 Å². The maximum Gasteiger partial charge on any atom is 0.403 e. The Kier molecular flexibility index (Phi) is 3.36. The van der Waals surface area contributed by atoms with Crippen molar-refractivity contribution in [1.82, 2.24) is 5.32 Å². The maximum absolute atomic E-state index is 12.3. The summed E-state index contributed by atoms with van der Waals surface area (Å²) in [5, 5.41) is 2.34. The van der Waals surface area contributed by atoms with E-state index in [0.717, 1.165) is 0 Å². The minimum absolute atomic E-state index is 0.198. The molecule has 1 saturated heterocycles. The molecule has 0 aliphatic carbocycles. The molecule has 0 radical (unpaired) electrons. The SMILES string of the molecule is COC(=O)[C@H]1CCN[C@@H](C(F)(F)F)C1. The third-order valence-corrected chi connectivity index (χ3v) is 2.33. The molecular weight excluding hydrogens is 199 g/mol. The number of halogens is 3. The van der Waals surface area contributed by atoms with Crippen LogP contribution in [0.5, 0.6) is 0 Å². The zero-order valence-electron chi connectivity index (χ0n) is 7.73. The average molecular weight is 211 g/mol. The first-order valence-electron chi connectivity index (χ1n) is 4.33. The van der Waals surface area contributed by atoms with Gasteiger partial charge in [0.25, 0.3) is 0 Å². The minimum atomic E-state index is -4.29. The number of piperidine rings is 1. The second-order valence-electron chi connectivity index (χ2n) is 3.29. The van der Waals surface area contributed by atoms with Gasteiger partial charge in [-0.25, -0.2) is 0 Å². The van der Waals surface area contributed by atoms with Crippen molar-refractivity contribution in [3.63, 3.8) is 0 Å². The summed E-state index contributed by atoms with van der Waals surface area (Å²) < 4.78 is 41.2. The average Bonchev–Trinajstić information content (AvgIpc) is 2.15. The van der Waals surface area contributed by atoms with E-state index in [1.807, 2.05) is 0 Å². The summed E-state index contributed by atoms with van der Waals surface area (Å²) >= 11 is 0. The molecular formula is C8H12F3NO2. The molecule has 0 amide bonds. The molecule has 14 heavy (non-hydrogen) atoms. The van der Waals surface area contributed by atoms with Crippen LogP contribution in [0.25, 0.3) is 0 Å². The molecule has 0 aromatic rings. The van der Waals surface area contributed by atoms with Crippen LogP contribution < -0.4 is 5.32 Å². The van der Waals surface area contributed by atoms with Crippen molar-refractivity contribution < 1.29 is 22.7 Å². The van der Waals surface area contributed by atoms with Crippen molar-refractivity contribution >= 4 is 5.97 Å². The molecule has 1 rings (SSSR count). The van der Waals surface area contributed by atoms with E-state index in [1.165, 1.54) is 7.11 Å². The smallest absolute Gasteiger partial charge is 0.403 e. The van der Waals surface area contributed by atoms with Gasteiger partial charge >= 0.3 is 12.1 Å². The van der Waals surface area contributed by atoms with Gasteiger partial charge < -0.3 is 10.1 Å². The number of carbonyl (C=O) groups is 1. The van der Waals surface area contributed by atoms with Crippen LogP contribution >= 0.6 is 0 Å². The number of esters is 1. The Balaban J connectivity index is 2.56. The van der Waals surface area contributed by atoms with E-state index in [0.29, 0.717) is 6.42 Å². The molecule has 0 aromatic heterocycles. The van der Waals surface area contributed by atoms with E-state index in [4.69, 9.17) is 0 Å². The number of carbonyl (C=O) groups excluding carboxylic acids is 1. The van der Waals surface area contributed by atoms with Gasteiger partial charge in [0, 0.05) is 0 Å². The zero-order valence-corrected chi connectivity index (χ0v) is 7.73. The predicted molar refractivity (Wildman–Crippen MR) is 42.6 cm³/mol. The molecule has 0 saturated carbocycles. The van der Waals surface area contributed by atoms with E-state index in [1.54, 1.807) is 0 Å². The summed E-state index contributed by atoms with van der Waals surface area (Å²) in [7, 11) is 1.19. The summed E-state index contributed by atoms with van der Waals surface area (Å²) in [4.78, 5) is 11.0. The van der Waals surface area contributed by atoms with Crippen LogP contribution in [0.15, 0.2) is 0 Å². The summed E-state index contributed by atoms with van der Waals surface area (Å²) in [6.45, 7) is 0.198. The first-order valence-corrected chi connectivity index (χ1v) is 4.33. The number of alkyl halides is 3. The predicted octanol–water partition coefficient (Wildman–Crippen LogP) is 1.09. The Labute approximate surface area is 79.6 Å². The molecule has 1 aliphatic heterocycles. The van der Waals surface area contributed by atoms with Crippen LogP contribution in [0, 0.1) is 5.92 Å². The number of methoxy groups -OCH3 is 1. The number of hydrogen-bond acceptors (Lipinski definition) is 3. The highest BCUT2D eigenvalue weighted by Crippen LogP contribution is 2.29. The lowest BCUT2D eigenvalue weighted by Crippen LogP contribution is -2.49. The van der Waals surface area contributed by atoms with Gasteiger partial charge in [-0.2, -0.15) is 13.2 Å². The van der Waals surface area contributed by atoms with Gasteiger partial charge in [-0.05, 0) is 19.4 Å². The lowest BCUT2D eigenvalue weighted by Gasteiger charge is -2.30. The Hall–Kier alpha value is -0.780. The standard InChI is InChI=1S/C8H12F3NO2/c1-14-7(13)5-2-3-12-6(4-5)8(9,10)11/h5-6,12H,2-4H2,1H3/t5-,6+/m0/s1. The molecule has 1 N–H and O–H groups in total. The van der Waals surface area contributed by atoms with Gasteiger partial charge in [0.1, 0.15) is 6.04 Å². The van der Waals surface area contributed by atoms with Crippen molar-refractivity contribution in [2.24, 2.45) is 5.92 Å². The minimum Gasteiger partial charge on any atom is -0.469 e. The van der Waals surface area contributed by atoms with Gasteiger partial charge in [-0.1, -0.05) is 0 Å². The van der Waals surface area contributed by atoms with Gasteiger partial charge in [0.05, 0.1) is 13.0 Å². The van der Waals surface area contributed by atoms with Crippen LogP contribution in [0.3, 0.4) is 0 Å². The fourth-order valence-electron chi connectivity index (χ4n) is 1.55. The molecule has 6 heteroatoms. The molecule has 0 bridgehead atoms. The normalized spacial score (nSPS) is 28.6. The van der Waals surface area contributed by atoms with Gasteiger partial charge in [0.15, 0.2) is 0 Å². The molecule has 0 spiro atoms. The highest BCUT2D eigenvalue weighted by Gasteiger charge is 2.43. The third kappa shape index (κ3) is 2.60. The van der Waals surface area contributed by atoms with Crippen molar-refractivity contribution in [2.45, 2.75) is 25.1 Å². The summed E-state index contributed by atoms with van der Waals surface area (Å²) in [6.07, 6.45) is -4.11. The van der Waals surface area contributed by atoms with Crippen molar-refractivity contribution in [3.05, 3.63) is 0 Å². The summed E-state index contributed by atoms with van der Waals surface area (Å²) in [5.74, 6) is -1.19. The fourth-order valence-corrected chi connectivity index (χ4v) is 1.55. The largest absolute Gasteiger partial charge is 0.469 e. The number of hydrogen-bond donors (Lipinski definition) is 1. The fraction of sp³-hybridized carbons (Fsp3) is 0.875. The molecule has 82 valence electrons. The van der Waals surface area contributed by atoms with Crippen LogP contribution in [-0.2, 0) is 9.53 Å².